The zero-order chi connectivity index (χ0) is 17.1. The lowest BCUT2D eigenvalue weighted by molar-refractivity contribution is -0.136. The molecule has 0 fully saturated rings. The second-order valence-electron chi connectivity index (χ2n) is 5.92. The molecule has 0 bridgehead atoms. The van der Waals surface area contributed by atoms with E-state index in [0.29, 0.717) is 6.42 Å². The van der Waals surface area contributed by atoms with Crippen molar-refractivity contribution < 1.29 is 14.6 Å². The van der Waals surface area contributed by atoms with E-state index < -0.39 is 5.97 Å². The van der Waals surface area contributed by atoms with E-state index in [4.69, 9.17) is 9.84 Å². The summed E-state index contributed by atoms with van der Waals surface area (Å²) in [5.41, 5.74) is 3.50. The van der Waals surface area contributed by atoms with Crippen molar-refractivity contribution in [1.82, 2.24) is 9.38 Å². The molecule has 0 aliphatic rings. The van der Waals surface area contributed by atoms with Crippen LogP contribution in [0.1, 0.15) is 26.0 Å². The number of ether oxygens (including phenoxy) is 1. The Bertz CT molecular complexity index is 851. The summed E-state index contributed by atoms with van der Waals surface area (Å²) in [5.74, 6) is -0.00267. The second kappa shape index (κ2) is 6.74. The molecule has 124 valence electrons. The Kier molecular flexibility index (Phi) is 4.51. The summed E-state index contributed by atoms with van der Waals surface area (Å²) < 4.78 is 7.63. The predicted octanol–water partition coefficient (Wildman–Crippen LogP) is 3.81. The SMILES string of the molecule is CC(C)Oc1ccc(-c2nc3ccccn3c2CCC(=O)O)cc1. The zero-order valence-electron chi connectivity index (χ0n) is 13.8. The van der Waals surface area contributed by atoms with Crippen LogP contribution in [-0.2, 0) is 11.2 Å². The molecule has 5 heteroatoms. The van der Waals surface area contributed by atoms with E-state index in [1.54, 1.807) is 0 Å². The zero-order valence-corrected chi connectivity index (χ0v) is 13.8. The summed E-state index contributed by atoms with van der Waals surface area (Å²) in [6.07, 6.45) is 2.54. The molecule has 0 saturated carbocycles. The van der Waals surface area contributed by atoms with Gasteiger partial charge in [-0.1, -0.05) is 6.07 Å². The number of imidazole rings is 1. The van der Waals surface area contributed by atoms with Crippen molar-refractivity contribution in [2.75, 3.05) is 0 Å². The normalized spacial score (nSPS) is 11.1. The van der Waals surface area contributed by atoms with Crippen molar-refractivity contribution in [3.05, 3.63) is 54.4 Å². The van der Waals surface area contributed by atoms with Crippen LogP contribution in [0.4, 0.5) is 0 Å². The fourth-order valence-electron chi connectivity index (χ4n) is 2.71. The van der Waals surface area contributed by atoms with Crippen molar-refractivity contribution in [3.63, 3.8) is 0 Å². The molecule has 24 heavy (non-hydrogen) atoms. The van der Waals surface area contributed by atoms with Crippen LogP contribution < -0.4 is 4.74 Å². The Morgan fingerprint density at radius 2 is 1.96 bits per heavy atom. The van der Waals surface area contributed by atoms with Gasteiger partial charge in [0.1, 0.15) is 11.4 Å². The van der Waals surface area contributed by atoms with Gasteiger partial charge in [-0.05, 0) is 50.2 Å². The van der Waals surface area contributed by atoms with Crippen LogP contribution in [0.5, 0.6) is 5.75 Å². The smallest absolute Gasteiger partial charge is 0.303 e. The van der Waals surface area contributed by atoms with E-state index in [1.807, 2.05) is 66.9 Å². The first-order valence-electron chi connectivity index (χ1n) is 7.99. The van der Waals surface area contributed by atoms with E-state index >= 15 is 0 Å². The summed E-state index contributed by atoms with van der Waals surface area (Å²) in [6.45, 7) is 3.97. The van der Waals surface area contributed by atoms with Gasteiger partial charge in [0, 0.05) is 18.2 Å². The third-order valence-electron chi connectivity index (χ3n) is 3.70. The Hall–Kier alpha value is -2.82. The largest absolute Gasteiger partial charge is 0.491 e. The maximum Gasteiger partial charge on any atom is 0.303 e. The molecule has 2 heterocycles. The van der Waals surface area contributed by atoms with Crippen LogP contribution in [0.25, 0.3) is 16.9 Å². The number of benzene rings is 1. The standard InChI is InChI=1S/C19H20N2O3/c1-13(2)24-15-8-6-14(7-9-15)19-16(10-11-18(22)23)21-12-4-3-5-17(21)20-19/h3-9,12-13H,10-11H2,1-2H3,(H,22,23). The van der Waals surface area contributed by atoms with Crippen LogP contribution >= 0.6 is 0 Å². The predicted molar refractivity (Wildman–Crippen MR) is 92.3 cm³/mol. The molecule has 0 spiro atoms. The molecule has 0 amide bonds. The fraction of sp³-hybridized carbons (Fsp3) is 0.263. The number of carbonyl (C=O) groups is 1. The molecule has 5 nitrogen and oxygen atoms in total. The summed E-state index contributed by atoms with van der Waals surface area (Å²) in [7, 11) is 0. The van der Waals surface area contributed by atoms with Crippen molar-refractivity contribution in [2.24, 2.45) is 0 Å². The summed E-state index contributed by atoms with van der Waals surface area (Å²) in [6, 6.07) is 13.5. The molecular formula is C19H20N2O3. The van der Waals surface area contributed by atoms with Gasteiger partial charge in [0.05, 0.1) is 23.9 Å². The van der Waals surface area contributed by atoms with Gasteiger partial charge in [0.25, 0.3) is 0 Å². The van der Waals surface area contributed by atoms with Crippen LogP contribution in [0.15, 0.2) is 48.7 Å². The van der Waals surface area contributed by atoms with Gasteiger partial charge in [-0.2, -0.15) is 0 Å². The molecule has 0 aliphatic carbocycles. The second-order valence-corrected chi connectivity index (χ2v) is 5.92. The molecule has 0 unspecified atom stereocenters. The number of aromatic nitrogens is 2. The van der Waals surface area contributed by atoms with E-state index in [9.17, 15) is 4.79 Å². The minimum atomic E-state index is -0.812. The van der Waals surface area contributed by atoms with Crippen molar-refractivity contribution in [2.45, 2.75) is 32.8 Å². The minimum Gasteiger partial charge on any atom is -0.491 e. The molecule has 0 radical (unpaired) electrons. The highest BCUT2D eigenvalue weighted by atomic mass is 16.5. The quantitative estimate of drug-likeness (QED) is 0.749. The lowest BCUT2D eigenvalue weighted by Gasteiger charge is -2.10. The topological polar surface area (TPSA) is 63.8 Å². The summed E-state index contributed by atoms with van der Waals surface area (Å²) in [5, 5.41) is 9.02. The highest BCUT2D eigenvalue weighted by Crippen LogP contribution is 2.27. The van der Waals surface area contributed by atoms with Crippen molar-refractivity contribution in [3.8, 4) is 17.0 Å². The van der Waals surface area contributed by atoms with E-state index in [1.165, 1.54) is 0 Å². The minimum absolute atomic E-state index is 0.0736. The highest BCUT2D eigenvalue weighted by molar-refractivity contribution is 5.70. The van der Waals surface area contributed by atoms with Gasteiger partial charge in [0.15, 0.2) is 0 Å². The van der Waals surface area contributed by atoms with E-state index in [-0.39, 0.29) is 12.5 Å². The number of hydrogen-bond donors (Lipinski definition) is 1. The monoisotopic (exact) mass is 324 g/mol. The molecule has 3 aromatic rings. The van der Waals surface area contributed by atoms with Gasteiger partial charge in [-0.15, -0.1) is 0 Å². The Balaban J connectivity index is 2.01. The van der Waals surface area contributed by atoms with Gasteiger partial charge in [-0.25, -0.2) is 4.98 Å². The number of nitrogens with zero attached hydrogens (tertiary/aromatic N) is 2. The van der Waals surface area contributed by atoms with Crippen LogP contribution in [0.2, 0.25) is 0 Å². The molecule has 0 atom stereocenters. The van der Waals surface area contributed by atoms with Gasteiger partial charge < -0.3 is 14.2 Å². The lowest BCUT2D eigenvalue weighted by atomic mass is 10.1. The first-order chi connectivity index (χ1) is 11.5. The maximum atomic E-state index is 11.0. The molecule has 0 aliphatic heterocycles. The Morgan fingerprint density at radius 1 is 1.21 bits per heavy atom. The number of rotatable bonds is 6. The number of aliphatic carboxylic acids is 1. The molecule has 1 aromatic carbocycles. The molecule has 3 rings (SSSR count). The molecule has 2 aromatic heterocycles. The molecule has 1 N–H and O–H groups in total. The third kappa shape index (κ3) is 3.40. The molecular weight excluding hydrogens is 304 g/mol. The Morgan fingerprint density at radius 3 is 2.62 bits per heavy atom. The van der Waals surface area contributed by atoms with Crippen molar-refractivity contribution in [1.29, 1.82) is 0 Å². The number of aryl methyl sites for hydroxylation is 1. The maximum absolute atomic E-state index is 11.0. The van der Waals surface area contributed by atoms with Crippen LogP contribution in [-0.4, -0.2) is 26.6 Å². The molecule has 0 saturated heterocycles. The number of carboxylic acids is 1. The third-order valence-corrected chi connectivity index (χ3v) is 3.70. The number of fused-ring (bicyclic) bond motifs is 1. The number of pyridine rings is 1. The van der Waals surface area contributed by atoms with Gasteiger partial charge >= 0.3 is 5.97 Å². The average Bonchev–Trinajstić information content (AvgIpc) is 2.91. The van der Waals surface area contributed by atoms with Crippen LogP contribution in [0, 0.1) is 0 Å². The van der Waals surface area contributed by atoms with E-state index in [0.717, 1.165) is 28.3 Å². The Labute approximate surface area is 140 Å². The van der Waals surface area contributed by atoms with Crippen molar-refractivity contribution >= 4 is 11.6 Å². The first kappa shape index (κ1) is 16.1. The van der Waals surface area contributed by atoms with Crippen LogP contribution in [0.3, 0.4) is 0 Å². The van der Waals surface area contributed by atoms with Gasteiger partial charge in [0.2, 0.25) is 0 Å². The lowest BCUT2D eigenvalue weighted by Crippen LogP contribution is -2.05. The highest BCUT2D eigenvalue weighted by Gasteiger charge is 2.15. The number of carboxylic acid groups (broad SMARTS) is 1. The van der Waals surface area contributed by atoms with Gasteiger partial charge in [-0.3, -0.25) is 4.79 Å². The number of hydrogen-bond acceptors (Lipinski definition) is 3. The summed E-state index contributed by atoms with van der Waals surface area (Å²) in [4.78, 5) is 15.7. The average molecular weight is 324 g/mol. The summed E-state index contributed by atoms with van der Waals surface area (Å²) >= 11 is 0. The first-order valence-corrected chi connectivity index (χ1v) is 7.99. The van der Waals surface area contributed by atoms with E-state index in [2.05, 4.69) is 4.98 Å². The fourth-order valence-corrected chi connectivity index (χ4v) is 2.71.